The zero-order valence-corrected chi connectivity index (χ0v) is 15.2. The van der Waals surface area contributed by atoms with Crippen LogP contribution < -0.4 is 4.72 Å². The Kier molecular flexibility index (Phi) is 5.74. The first kappa shape index (κ1) is 18.6. The highest BCUT2D eigenvalue weighted by molar-refractivity contribution is 8.13. The Morgan fingerprint density at radius 2 is 1.92 bits per heavy atom. The maximum Gasteiger partial charge on any atom is 0.285 e. The third-order valence-electron chi connectivity index (χ3n) is 2.84. The van der Waals surface area contributed by atoms with Gasteiger partial charge >= 0.3 is 0 Å². The molecule has 0 spiro atoms. The largest absolute Gasteiger partial charge is 0.339 e. The first-order valence-corrected chi connectivity index (χ1v) is 9.34. The second kappa shape index (κ2) is 7.42. The van der Waals surface area contributed by atoms with Crippen molar-refractivity contribution < 1.29 is 17.6 Å². The van der Waals surface area contributed by atoms with Gasteiger partial charge in [0.25, 0.3) is 15.3 Å². The van der Waals surface area contributed by atoms with Gasteiger partial charge in [0.1, 0.15) is 10.7 Å². The number of thioether (sulfide) groups is 1. The van der Waals surface area contributed by atoms with Crippen LogP contribution in [-0.2, 0) is 10.0 Å². The second-order valence-electron chi connectivity index (χ2n) is 4.97. The van der Waals surface area contributed by atoms with Gasteiger partial charge in [-0.2, -0.15) is 0 Å². The third-order valence-corrected chi connectivity index (χ3v) is 5.73. The van der Waals surface area contributed by atoms with E-state index in [1.807, 2.05) is 0 Å². The molecule has 0 aliphatic carbocycles. The molecule has 0 heterocycles. The number of sulfonamides is 1. The fourth-order valence-corrected chi connectivity index (χ4v) is 3.99. The number of carbonyl (C=O) groups is 1. The predicted octanol–water partition coefficient (Wildman–Crippen LogP) is 4.05. The number of benzene rings is 2. The molecule has 24 heavy (non-hydrogen) atoms. The zero-order chi connectivity index (χ0) is 17.9. The molecular weight excluding hydrogens is 375 g/mol. The molecule has 0 aliphatic rings. The van der Waals surface area contributed by atoms with E-state index < -0.39 is 15.8 Å². The summed E-state index contributed by atoms with van der Waals surface area (Å²) >= 11 is 6.80. The molecule has 128 valence electrons. The number of carbonyl (C=O) groups excluding carboxylic acids is 1. The molecule has 2 rings (SSSR count). The first-order chi connectivity index (χ1) is 11.2. The molecule has 1 N–H and O–H groups in total. The Morgan fingerprint density at radius 3 is 2.58 bits per heavy atom. The molecule has 9 heteroatoms. The molecule has 0 radical (unpaired) electrons. The lowest BCUT2D eigenvalue weighted by Gasteiger charge is -2.12. The summed E-state index contributed by atoms with van der Waals surface area (Å²) in [5.74, 6) is -0.708. The van der Waals surface area contributed by atoms with Crippen LogP contribution in [0.3, 0.4) is 0 Å². The Hall–Kier alpha value is -1.77. The van der Waals surface area contributed by atoms with Gasteiger partial charge in [-0.15, -0.1) is 0 Å². The first-order valence-electron chi connectivity index (χ1n) is 6.66. The van der Waals surface area contributed by atoms with Gasteiger partial charge in [-0.1, -0.05) is 17.7 Å². The van der Waals surface area contributed by atoms with E-state index in [4.69, 9.17) is 11.6 Å². The summed E-state index contributed by atoms with van der Waals surface area (Å²) in [7, 11) is -0.817. The van der Waals surface area contributed by atoms with Gasteiger partial charge in [0, 0.05) is 24.7 Å². The maximum absolute atomic E-state index is 13.3. The average Bonchev–Trinajstić information content (AvgIpc) is 2.49. The van der Waals surface area contributed by atoms with Crippen molar-refractivity contribution in [1.29, 1.82) is 0 Å². The monoisotopic (exact) mass is 388 g/mol. The number of nitrogens with zero attached hydrogens (tertiary/aromatic N) is 1. The van der Waals surface area contributed by atoms with Crippen molar-refractivity contribution in [1.82, 2.24) is 4.90 Å². The van der Waals surface area contributed by atoms with Crippen LogP contribution in [0.2, 0.25) is 5.02 Å². The standard InChI is InChI=1S/C15H14ClFN2O3S2/c1-19(2)15(20)23-12-5-3-4-11(9-12)18-24(21,22)14-8-10(17)6-7-13(14)16/h3-9,18H,1-2H3. The molecule has 0 aliphatic heterocycles. The van der Waals surface area contributed by atoms with E-state index in [2.05, 4.69) is 4.72 Å². The quantitative estimate of drug-likeness (QED) is 0.802. The molecule has 0 bridgehead atoms. The summed E-state index contributed by atoms with van der Waals surface area (Å²) in [5, 5.41) is -0.277. The molecule has 1 amide bonds. The van der Waals surface area contributed by atoms with Gasteiger partial charge in [0.05, 0.1) is 5.02 Å². The summed E-state index contributed by atoms with van der Waals surface area (Å²) in [4.78, 5) is 13.3. The molecule has 0 fully saturated rings. The smallest absolute Gasteiger partial charge is 0.285 e. The Bertz CT molecular complexity index is 873. The van der Waals surface area contributed by atoms with Crippen LogP contribution in [0.15, 0.2) is 52.3 Å². The van der Waals surface area contributed by atoms with Gasteiger partial charge in [-0.25, -0.2) is 12.8 Å². The van der Waals surface area contributed by atoms with Crippen molar-refractivity contribution in [2.45, 2.75) is 9.79 Å². The number of hydrogen-bond donors (Lipinski definition) is 1. The molecule has 2 aromatic carbocycles. The van der Waals surface area contributed by atoms with Gasteiger partial charge in [0.15, 0.2) is 0 Å². The van der Waals surface area contributed by atoms with Crippen molar-refractivity contribution in [3.05, 3.63) is 53.3 Å². The van der Waals surface area contributed by atoms with Gasteiger partial charge in [-0.3, -0.25) is 9.52 Å². The van der Waals surface area contributed by atoms with Crippen LogP contribution in [0.25, 0.3) is 0 Å². The van der Waals surface area contributed by atoms with Crippen LogP contribution in [-0.4, -0.2) is 32.7 Å². The van der Waals surface area contributed by atoms with E-state index in [9.17, 15) is 17.6 Å². The molecule has 0 saturated carbocycles. The molecule has 0 saturated heterocycles. The maximum atomic E-state index is 13.3. The summed E-state index contributed by atoms with van der Waals surface area (Å²) in [6.45, 7) is 0. The zero-order valence-electron chi connectivity index (χ0n) is 12.8. The number of amides is 1. The highest BCUT2D eigenvalue weighted by Crippen LogP contribution is 2.27. The van der Waals surface area contributed by atoms with Crippen LogP contribution in [0.1, 0.15) is 0 Å². The van der Waals surface area contributed by atoms with Gasteiger partial charge < -0.3 is 4.90 Å². The number of nitrogens with one attached hydrogen (secondary N) is 1. The van der Waals surface area contributed by atoms with Crippen LogP contribution in [0, 0.1) is 5.82 Å². The Balaban J connectivity index is 2.27. The highest BCUT2D eigenvalue weighted by atomic mass is 35.5. The summed E-state index contributed by atoms with van der Waals surface area (Å²) in [6.07, 6.45) is 0. The van der Waals surface area contributed by atoms with E-state index in [-0.39, 0.29) is 20.8 Å². The van der Waals surface area contributed by atoms with E-state index in [0.717, 1.165) is 23.9 Å². The molecule has 0 unspecified atom stereocenters. The van der Waals surface area contributed by atoms with E-state index in [1.54, 1.807) is 26.2 Å². The van der Waals surface area contributed by atoms with Crippen LogP contribution >= 0.6 is 23.4 Å². The summed E-state index contributed by atoms with van der Waals surface area (Å²) < 4.78 is 40.4. The number of hydrogen-bond acceptors (Lipinski definition) is 4. The van der Waals surface area contributed by atoms with Crippen molar-refractivity contribution in [2.24, 2.45) is 0 Å². The lowest BCUT2D eigenvalue weighted by molar-refractivity contribution is 0.241. The van der Waals surface area contributed by atoms with E-state index >= 15 is 0 Å². The fraction of sp³-hybridized carbons (Fsp3) is 0.133. The second-order valence-corrected chi connectivity index (χ2v) is 8.05. The number of anilines is 1. The van der Waals surface area contributed by atoms with E-state index in [1.165, 1.54) is 23.1 Å². The summed E-state index contributed by atoms with van der Waals surface area (Å²) in [5.41, 5.74) is 0.242. The average molecular weight is 389 g/mol. The van der Waals surface area contributed by atoms with E-state index in [0.29, 0.717) is 4.90 Å². The predicted molar refractivity (Wildman–Crippen MR) is 93.6 cm³/mol. The molecule has 2 aromatic rings. The minimum absolute atomic E-state index is 0.0859. The molecule has 0 aromatic heterocycles. The topological polar surface area (TPSA) is 66.5 Å². The van der Waals surface area contributed by atoms with Crippen molar-refractivity contribution >= 4 is 44.3 Å². The van der Waals surface area contributed by atoms with Crippen molar-refractivity contribution in [3.8, 4) is 0 Å². The van der Waals surface area contributed by atoms with Gasteiger partial charge in [0.2, 0.25) is 0 Å². The molecular formula is C15H14ClFN2O3S2. The summed E-state index contributed by atoms with van der Waals surface area (Å²) in [6, 6.07) is 9.42. The minimum atomic E-state index is -4.05. The minimum Gasteiger partial charge on any atom is -0.339 e. The van der Waals surface area contributed by atoms with Crippen LogP contribution in [0.5, 0.6) is 0 Å². The van der Waals surface area contributed by atoms with Crippen LogP contribution in [0.4, 0.5) is 14.9 Å². The Morgan fingerprint density at radius 1 is 1.21 bits per heavy atom. The lowest BCUT2D eigenvalue weighted by Crippen LogP contribution is -2.16. The lowest BCUT2D eigenvalue weighted by atomic mass is 10.3. The van der Waals surface area contributed by atoms with Crippen molar-refractivity contribution in [3.63, 3.8) is 0 Å². The molecule has 5 nitrogen and oxygen atoms in total. The highest BCUT2D eigenvalue weighted by Gasteiger charge is 2.19. The number of rotatable bonds is 4. The van der Waals surface area contributed by atoms with Crippen molar-refractivity contribution in [2.75, 3.05) is 18.8 Å². The SMILES string of the molecule is CN(C)C(=O)Sc1cccc(NS(=O)(=O)c2cc(F)ccc2Cl)c1. The fourth-order valence-electron chi connectivity index (χ4n) is 1.71. The molecule has 0 atom stereocenters. The number of halogens is 2. The van der Waals surface area contributed by atoms with Gasteiger partial charge in [-0.05, 0) is 48.2 Å². The normalized spacial score (nSPS) is 11.2. The third kappa shape index (κ3) is 4.62. The Labute approximate surface area is 148 Å².